The summed E-state index contributed by atoms with van der Waals surface area (Å²) in [5.74, 6) is -0.131. The summed E-state index contributed by atoms with van der Waals surface area (Å²) in [5, 5.41) is 5.70. The van der Waals surface area contributed by atoms with Crippen molar-refractivity contribution in [2.45, 2.75) is 32.0 Å². The first-order valence-electron chi connectivity index (χ1n) is 7.64. The highest BCUT2D eigenvalue weighted by Gasteiger charge is 2.22. The Labute approximate surface area is 137 Å². The molecule has 0 aliphatic carbocycles. The minimum atomic E-state index is -0.405. The number of hydrogen-bond donors (Lipinski definition) is 2. The maximum Gasteiger partial charge on any atom is 0.237 e. The summed E-state index contributed by atoms with van der Waals surface area (Å²) in [6, 6.07) is 5.27. The fraction of sp³-hybridized carbons (Fsp3) is 0.471. The summed E-state index contributed by atoms with van der Waals surface area (Å²) >= 11 is 0. The van der Waals surface area contributed by atoms with E-state index >= 15 is 0 Å². The third-order valence-corrected chi connectivity index (χ3v) is 3.77. The van der Waals surface area contributed by atoms with Crippen LogP contribution in [0.3, 0.4) is 0 Å². The number of nitrogens with one attached hydrogen (secondary N) is 2. The van der Waals surface area contributed by atoms with Gasteiger partial charge in [-0.25, -0.2) is 0 Å². The molecular weight excluding hydrogens is 294 g/mol. The van der Waals surface area contributed by atoms with Crippen LogP contribution in [0.5, 0.6) is 0 Å². The fourth-order valence-corrected chi connectivity index (χ4v) is 2.55. The lowest BCUT2D eigenvalue weighted by molar-refractivity contribution is -0.126. The number of rotatable bonds is 10. The highest BCUT2D eigenvalue weighted by atomic mass is 16.2. The summed E-state index contributed by atoms with van der Waals surface area (Å²) < 4.78 is 0. The molecule has 1 atom stereocenters. The number of aldehydes is 2. The Morgan fingerprint density at radius 2 is 2.04 bits per heavy atom. The lowest BCUT2D eigenvalue weighted by atomic mass is 10.0. The number of carbonyl (C=O) groups is 3. The molecule has 1 unspecified atom stereocenters. The monoisotopic (exact) mass is 319 g/mol. The Kier molecular flexibility index (Phi) is 8.15. The average Bonchev–Trinajstić information content (AvgIpc) is 2.55. The summed E-state index contributed by atoms with van der Waals surface area (Å²) in [5.41, 5.74) is 2.56. The van der Waals surface area contributed by atoms with Gasteiger partial charge in [0.05, 0.1) is 6.04 Å². The Hall–Kier alpha value is -2.05. The van der Waals surface area contributed by atoms with Crippen molar-refractivity contribution < 1.29 is 14.4 Å². The third kappa shape index (κ3) is 5.58. The van der Waals surface area contributed by atoms with E-state index in [9.17, 15) is 14.4 Å². The zero-order chi connectivity index (χ0) is 17.2. The Balaban J connectivity index is 2.97. The van der Waals surface area contributed by atoms with Crippen LogP contribution in [0.15, 0.2) is 18.2 Å². The van der Waals surface area contributed by atoms with E-state index < -0.39 is 6.04 Å². The fourth-order valence-electron chi connectivity index (χ4n) is 2.55. The van der Waals surface area contributed by atoms with Crippen LogP contribution in [0, 0.1) is 0 Å². The van der Waals surface area contributed by atoms with Gasteiger partial charge in [-0.2, -0.15) is 0 Å². The maximum atomic E-state index is 12.0. The zero-order valence-corrected chi connectivity index (χ0v) is 14.0. The quantitative estimate of drug-likeness (QED) is 0.622. The van der Waals surface area contributed by atoms with Gasteiger partial charge in [0.1, 0.15) is 12.6 Å². The second-order valence-corrected chi connectivity index (χ2v) is 5.47. The number of nitrogens with zero attached hydrogens (tertiary/aromatic N) is 1. The number of likely N-dealkylation sites (N-methyl/N-ethyl adjacent to an activating group) is 2. The molecule has 0 aliphatic heterocycles. The van der Waals surface area contributed by atoms with Crippen LogP contribution in [0.1, 0.15) is 34.3 Å². The van der Waals surface area contributed by atoms with Crippen LogP contribution < -0.4 is 10.6 Å². The molecule has 126 valence electrons. The van der Waals surface area contributed by atoms with Crippen LogP contribution >= 0.6 is 0 Å². The van der Waals surface area contributed by atoms with Crippen LogP contribution in [0.2, 0.25) is 0 Å². The Bertz CT molecular complexity index is 546. The Morgan fingerprint density at radius 3 is 2.61 bits per heavy atom. The molecule has 1 aromatic rings. The molecule has 0 saturated heterocycles. The van der Waals surface area contributed by atoms with Gasteiger partial charge >= 0.3 is 0 Å². The minimum Gasteiger partial charge on any atom is -0.358 e. The molecule has 0 bridgehead atoms. The van der Waals surface area contributed by atoms with Crippen LogP contribution in [0.25, 0.3) is 0 Å². The molecule has 0 fully saturated rings. The molecule has 6 heteroatoms. The van der Waals surface area contributed by atoms with E-state index in [1.165, 1.54) is 0 Å². The summed E-state index contributed by atoms with van der Waals surface area (Å²) in [6.45, 7) is 1.17. The summed E-state index contributed by atoms with van der Waals surface area (Å²) in [4.78, 5) is 35.8. The van der Waals surface area contributed by atoms with Crippen molar-refractivity contribution in [1.29, 1.82) is 0 Å². The van der Waals surface area contributed by atoms with Gasteiger partial charge in [0.15, 0.2) is 0 Å². The van der Waals surface area contributed by atoms with Gasteiger partial charge < -0.3 is 15.4 Å². The first-order valence-corrected chi connectivity index (χ1v) is 7.64. The topological polar surface area (TPSA) is 78.5 Å². The Morgan fingerprint density at radius 1 is 1.30 bits per heavy atom. The normalized spacial score (nSPS) is 12.0. The van der Waals surface area contributed by atoms with E-state index in [0.717, 1.165) is 23.7 Å². The van der Waals surface area contributed by atoms with Gasteiger partial charge in [-0.05, 0) is 31.6 Å². The van der Waals surface area contributed by atoms with Gasteiger partial charge in [-0.1, -0.05) is 18.2 Å². The number of carbonyl (C=O) groups excluding carboxylic acids is 3. The van der Waals surface area contributed by atoms with Gasteiger partial charge in [0.2, 0.25) is 5.91 Å². The van der Waals surface area contributed by atoms with Crippen molar-refractivity contribution in [2.24, 2.45) is 0 Å². The van der Waals surface area contributed by atoms with Crippen molar-refractivity contribution in [2.75, 3.05) is 21.1 Å². The second kappa shape index (κ2) is 9.86. The molecule has 1 rings (SSSR count). The molecular formula is C17H25N3O3. The lowest BCUT2D eigenvalue weighted by Gasteiger charge is -2.27. The van der Waals surface area contributed by atoms with Crippen molar-refractivity contribution >= 4 is 18.5 Å². The van der Waals surface area contributed by atoms with Gasteiger partial charge in [-0.15, -0.1) is 0 Å². The number of hydrogen-bond acceptors (Lipinski definition) is 5. The average molecular weight is 319 g/mol. The van der Waals surface area contributed by atoms with E-state index in [-0.39, 0.29) is 5.91 Å². The molecule has 0 saturated carbocycles. The molecule has 0 radical (unpaired) electrons. The van der Waals surface area contributed by atoms with Gasteiger partial charge in [0, 0.05) is 32.1 Å². The third-order valence-electron chi connectivity index (χ3n) is 3.77. The zero-order valence-electron chi connectivity index (χ0n) is 14.0. The summed E-state index contributed by atoms with van der Waals surface area (Å²) in [6.07, 6.45) is 2.41. The van der Waals surface area contributed by atoms with Crippen molar-refractivity contribution in [1.82, 2.24) is 15.5 Å². The minimum absolute atomic E-state index is 0.131. The van der Waals surface area contributed by atoms with E-state index in [0.29, 0.717) is 31.5 Å². The van der Waals surface area contributed by atoms with E-state index in [2.05, 4.69) is 10.6 Å². The molecule has 6 nitrogen and oxygen atoms in total. The number of amides is 1. The highest BCUT2D eigenvalue weighted by Crippen LogP contribution is 2.16. The molecule has 1 aromatic carbocycles. The molecule has 0 heterocycles. The van der Waals surface area contributed by atoms with Crippen LogP contribution in [-0.2, 0) is 22.7 Å². The standard InChI is InChI=1S/C17H25N3O3/c1-18-10-13-6-7-14(12-22)15(9-13)11-20(3)16(5-4-8-21)17(23)19-2/h6-9,12,16,18H,4-5,10-11H2,1-3H3,(H,19,23). The highest BCUT2D eigenvalue weighted by molar-refractivity contribution is 5.82. The molecule has 1 amide bonds. The molecule has 2 N–H and O–H groups in total. The molecule has 0 spiro atoms. The van der Waals surface area contributed by atoms with Crippen LogP contribution in [0.4, 0.5) is 0 Å². The van der Waals surface area contributed by atoms with Crippen molar-refractivity contribution in [3.05, 3.63) is 34.9 Å². The second-order valence-electron chi connectivity index (χ2n) is 5.47. The van der Waals surface area contributed by atoms with Crippen molar-refractivity contribution in [3.63, 3.8) is 0 Å². The van der Waals surface area contributed by atoms with Crippen LogP contribution in [-0.4, -0.2) is 50.6 Å². The SMILES string of the molecule is CNCc1ccc(C=O)c(CN(C)C(CCC=O)C(=O)NC)c1. The predicted octanol–water partition coefficient (Wildman–Crippen LogP) is 0.744. The molecule has 0 aliphatic rings. The van der Waals surface area contributed by atoms with E-state index in [1.54, 1.807) is 13.1 Å². The smallest absolute Gasteiger partial charge is 0.237 e. The molecule has 23 heavy (non-hydrogen) atoms. The summed E-state index contributed by atoms with van der Waals surface area (Å²) in [7, 11) is 5.26. The van der Waals surface area contributed by atoms with Gasteiger partial charge in [-0.3, -0.25) is 14.5 Å². The molecule has 0 aromatic heterocycles. The lowest BCUT2D eigenvalue weighted by Crippen LogP contribution is -2.43. The van der Waals surface area contributed by atoms with E-state index in [4.69, 9.17) is 0 Å². The predicted molar refractivity (Wildman–Crippen MR) is 89.2 cm³/mol. The van der Waals surface area contributed by atoms with Gasteiger partial charge in [0.25, 0.3) is 0 Å². The van der Waals surface area contributed by atoms with Crippen molar-refractivity contribution in [3.8, 4) is 0 Å². The number of benzene rings is 1. The first-order chi connectivity index (χ1) is 11.1. The first kappa shape index (κ1) is 19.0. The largest absolute Gasteiger partial charge is 0.358 e. The van der Waals surface area contributed by atoms with E-state index in [1.807, 2.05) is 31.1 Å². The maximum absolute atomic E-state index is 12.0.